The zero-order valence-electron chi connectivity index (χ0n) is 7.96. The van der Waals surface area contributed by atoms with Gasteiger partial charge >= 0.3 is 0 Å². The maximum atomic E-state index is 5.48. The van der Waals surface area contributed by atoms with Gasteiger partial charge in [0.1, 0.15) is 5.82 Å². The lowest BCUT2D eigenvalue weighted by Crippen LogP contribution is -2.06. The van der Waals surface area contributed by atoms with Crippen molar-refractivity contribution in [2.75, 3.05) is 17.6 Å². The van der Waals surface area contributed by atoms with E-state index in [1.54, 1.807) is 0 Å². The SMILES string of the molecule is C=C(C)CNc1cc(C)nc(N)n1. The van der Waals surface area contributed by atoms with Crippen LogP contribution in [0.5, 0.6) is 0 Å². The molecule has 0 spiro atoms. The Morgan fingerprint density at radius 2 is 2.31 bits per heavy atom. The summed E-state index contributed by atoms with van der Waals surface area (Å²) in [6.45, 7) is 8.31. The molecule has 0 aliphatic rings. The molecule has 4 nitrogen and oxygen atoms in total. The van der Waals surface area contributed by atoms with Gasteiger partial charge in [-0.25, -0.2) is 4.98 Å². The summed E-state index contributed by atoms with van der Waals surface area (Å²) in [5.41, 5.74) is 7.39. The van der Waals surface area contributed by atoms with Gasteiger partial charge in [-0.1, -0.05) is 12.2 Å². The van der Waals surface area contributed by atoms with E-state index in [1.807, 2.05) is 19.9 Å². The van der Waals surface area contributed by atoms with Crippen LogP contribution in [0.4, 0.5) is 11.8 Å². The van der Waals surface area contributed by atoms with Crippen LogP contribution in [0.25, 0.3) is 0 Å². The van der Waals surface area contributed by atoms with E-state index in [-0.39, 0.29) is 0 Å². The Kier molecular flexibility index (Phi) is 2.84. The highest BCUT2D eigenvalue weighted by Gasteiger charge is 1.97. The third-order valence-corrected chi connectivity index (χ3v) is 1.44. The van der Waals surface area contributed by atoms with Crippen molar-refractivity contribution in [3.8, 4) is 0 Å². The Labute approximate surface area is 77.9 Å². The molecule has 70 valence electrons. The first kappa shape index (κ1) is 9.51. The van der Waals surface area contributed by atoms with Crippen LogP contribution in [-0.2, 0) is 0 Å². The van der Waals surface area contributed by atoms with E-state index in [1.165, 1.54) is 0 Å². The second-order valence-electron chi connectivity index (χ2n) is 3.06. The first-order valence-corrected chi connectivity index (χ1v) is 4.07. The van der Waals surface area contributed by atoms with Gasteiger partial charge < -0.3 is 11.1 Å². The van der Waals surface area contributed by atoms with Gasteiger partial charge in [0.15, 0.2) is 0 Å². The number of aromatic nitrogens is 2. The summed E-state index contributed by atoms with van der Waals surface area (Å²) in [6.07, 6.45) is 0. The summed E-state index contributed by atoms with van der Waals surface area (Å²) in [7, 11) is 0. The number of nitrogen functional groups attached to an aromatic ring is 1. The van der Waals surface area contributed by atoms with Gasteiger partial charge in [-0.2, -0.15) is 4.98 Å². The van der Waals surface area contributed by atoms with E-state index in [9.17, 15) is 0 Å². The third-order valence-electron chi connectivity index (χ3n) is 1.44. The van der Waals surface area contributed by atoms with Gasteiger partial charge in [0, 0.05) is 18.3 Å². The molecule has 0 fully saturated rings. The minimum atomic E-state index is 0.296. The summed E-state index contributed by atoms with van der Waals surface area (Å²) in [5.74, 6) is 1.04. The van der Waals surface area contributed by atoms with Crippen molar-refractivity contribution in [3.05, 3.63) is 23.9 Å². The quantitative estimate of drug-likeness (QED) is 0.686. The smallest absolute Gasteiger partial charge is 0.222 e. The topological polar surface area (TPSA) is 63.8 Å². The second kappa shape index (κ2) is 3.89. The number of nitrogens with one attached hydrogen (secondary N) is 1. The first-order valence-electron chi connectivity index (χ1n) is 4.07. The average Bonchev–Trinajstić information content (AvgIpc) is 1.99. The Bertz CT molecular complexity index is 299. The molecule has 0 aliphatic heterocycles. The van der Waals surface area contributed by atoms with Gasteiger partial charge in [0.05, 0.1) is 0 Å². The van der Waals surface area contributed by atoms with Crippen molar-refractivity contribution >= 4 is 11.8 Å². The number of hydrogen-bond acceptors (Lipinski definition) is 4. The number of anilines is 2. The molecule has 0 saturated carbocycles. The summed E-state index contributed by atoms with van der Waals surface area (Å²) in [5, 5.41) is 3.10. The van der Waals surface area contributed by atoms with E-state index in [0.29, 0.717) is 12.5 Å². The molecular formula is C9H14N4. The maximum Gasteiger partial charge on any atom is 0.222 e. The molecule has 0 saturated heterocycles. The molecule has 1 rings (SSSR count). The summed E-state index contributed by atoms with van der Waals surface area (Å²) in [4.78, 5) is 7.99. The predicted octanol–water partition coefficient (Wildman–Crippen LogP) is 1.36. The molecular weight excluding hydrogens is 164 g/mol. The Morgan fingerprint density at radius 1 is 1.62 bits per heavy atom. The fraction of sp³-hybridized carbons (Fsp3) is 0.333. The minimum Gasteiger partial charge on any atom is -0.368 e. The number of aryl methyl sites for hydroxylation is 1. The molecule has 0 amide bonds. The molecule has 0 aliphatic carbocycles. The second-order valence-corrected chi connectivity index (χ2v) is 3.06. The first-order chi connectivity index (χ1) is 6.08. The van der Waals surface area contributed by atoms with E-state index in [2.05, 4.69) is 21.9 Å². The normalized spacial score (nSPS) is 9.69. The van der Waals surface area contributed by atoms with Crippen LogP contribution in [0.2, 0.25) is 0 Å². The fourth-order valence-corrected chi connectivity index (χ4v) is 0.924. The highest BCUT2D eigenvalue weighted by Crippen LogP contribution is 2.07. The molecule has 1 heterocycles. The third kappa shape index (κ3) is 3.11. The highest BCUT2D eigenvalue weighted by molar-refractivity contribution is 5.40. The highest BCUT2D eigenvalue weighted by atomic mass is 15.1. The zero-order valence-corrected chi connectivity index (χ0v) is 7.96. The monoisotopic (exact) mass is 178 g/mol. The van der Waals surface area contributed by atoms with Crippen LogP contribution in [0, 0.1) is 6.92 Å². The van der Waals surface area contributed by atoms with Crippen LogP contribution in [0.15, 0.2) is 18.2 Å². The van der Waals surface area contributed by atoms with Crippen molar-refractivity contribution in [2.45, 2.75) is 13.8 Å². The number of rotatable bonds is 3. The van der Waals surface area contributed by atoms with E-state index < -0.39 is 0 Å². The zero-order chi connectivity index (χ0) is 9.84. The van der Waals surface area contributed by atoms with Gasteiger partial charge in [-0.15, -0.1) is 0 Å². The summed E-state index contributed by atoms with van der Waals surface area (Å²) < 4.78 is 0. The Morgan fingerprint density at radius 3 is 2.85 bits per heavy atom. The number of nitrogens with two attached hydrogens (primary N) is 1. The van der Waals surface area contributed by atoms with Crippen molar-refractivity contribution in [2.24, 2.45) is 0 Å². The predicted molar refractivity (Wildman–Crippen MR) is 54.5 cm³/mol. The number of nitrogens with zero attached hydrogens (tertiary/aromatic N) is 2. The van der Waals surface area contributed by atoms with E-state index >= 15 is 0 Å². The Balaban J connectivity index is 2.71. The van der Waals surface area contributed by atoms with E-state index in [0.717, 1.165) is 17.1 Å². The van der Waals surface area contributed by atoms with Gasteiger partial charge in [-0.3, -0.25) is 0 Å². The molecule has 0 bridgehead atoms. The van der Waals surface area contributed by atoms with Crippen LogP contribution in [0.1, 0.15) is 12.6 Å². The Hall–Kier alpha value is -1.58. The largest absolute Gasteiger partial charge is 0.368 e. The van der Waals surface area contributed by atoms with Crippen molar-refractivity contribution < 1.29 is 0 Å². The fourth-order valence-electron chi connectivity index (χ4n) is 0.924. The van der Waals surface area contributed by atoms with Gasteiger partial charge in [0.2, 0.25) is 5.95 Å². The molecule has 0 unspecified atom stereocenters. The molecule has 1 aromatic rings. The summed E-state index contributed by atoms with van der Waals surface area (Å²) in [6, 6.07) is 1.85. The lowest BCUT2D eigenvalue weighted by molar-refractivity contribution is 1.09. The van der Waals surface area contributed by atoms with Crippen molar-refractivity contribution in [1.82, 2.24) is 9.97 Å². The van der Waals surface area contributed by atoms with Crippen LogP contribution >= 0.6 is 0 Å². The molecule has 4 heteroatoms. The standard InChI is InChI=1S/C9H14N4/c1-6(2)5-11-8-4-7(3)12-9(10)13-8/h4H,1,5H2,2-3H3,(H3,10,11,12,13). The average molecular weight is 178 g/mol. The number of hydrogen-bond donors (Lipinski definition) is 2. The van der Waals surface area contributed by atoms with Crippen LogP contribution in [0.3, 0.4) is 0 Å². The van der Waals surface area contributed by atoms with Crippen molar-refractivity contribution in [3.63, 3.8) is 0 Å². The van der Waals surface area contributed by atoms with Gasteiger partial charge in [-0.05, 0) is 13.8 Å². The van der Waals surface area contributed by atoms with Crippen molar-refractivity contribution in [1.29, 1.82) is 0 Å². The summed E-state index contributed by atoms with van der Waals surface area (Å²) >= 11 is 0. The van der Waals surface area contributed by atoms with E-state index in [4.69, 9.17) is 5.73 Å². The lowest BCUT2D eigenvalue weighted by Gasteiger charge is -2.05. The molecule has 1 aromatic heterocycles. The molecule has 13 heavy (non-hydrogen) atoms. The molecule has 0 aromatic carbocycles. The lowest BCUT2D eigenvalue weighted by atomic mass is 10.3. The molecule has 0 atom stereocenters. The van der Waals surface area contributed by atoms with Crippen LogP contribution < -0.4 is 11.1 Å². The molecule has 3 N–H and O–H groups in total. The molecule has 0 radical (unpaired) electrons. The van der Waals surface area contributed by atoms with Gasteiger partial charge in [0.25, 0.3) is 0 Å². The van der Waals surface area contributed by atoms with Crippen LogP contribution in [-0.4, -0.2) is 16.5 Å². The maximum absolute atomic E-state index is 5.48. The minimum absolute atomic E-state index is 0.296.